The van der Waals surface area contributed by atoms with Crippen molar-refractivity contribution in [3.63, 3.8) is 0 Å². The lowest BCUT2D eigenvalue weighted by atomic mass is 10.00. The van der Waals surface area contributed by atoms with Crippen molar-refractivity contribution >= 4 is 27.5 Å². The largest absolute Gasteiger partial charge is 0.383 e. The van der Waals surface area contributed by atoms with Crippen LogP contribution in [0.3, 0.4) is 0 Å². The van der Waals surface area contributed by atoms with Gasteiger partial charge in [-0.25, -0.2) is 13.2 Å². The van der Waals surface area contributed by atoms with Gasteiger partial charge in [-0.3, -0.25) is 0 Å². The molecule has 2 rings (SSSR count). The molecule has 1 nitrogen and oxygen atoms in total. The van der Waals surface area contributed by atoms with E-state index >= 15 is 0 Å². The smallest absolute Gasteiger partial charge is 0.146 e. The van der Waals surface area contributed by atoms with Crippen molar-refractivity contribution in [2.24, 2.45) is 0 Å². The van der Waals surface area contributed by atoms with Crippen LogP contribution < -0.4 is 0 Å². The summed E-state index contributed by atoms with van der Waals surface area (Å²) in [5.74, 6) is -2.74. The average molecular weight is 352 g/mol. The molecule has 1 N–H and O–H groups in total. The van der Waals surface area contributed by atoms with E-state index in [0.29, 0.717) is 0 Å². The summed E-state index contributed by atoms with van der Waals surface area (Å²) < 4.78 is 41.0. The van der Waals surface area contributed by atoms with Crippen LogP contribution in [0.4, 0.5) is 13.2 Å². The summed E-state index contributed by atoms with van der Waals surface area (Å²) >= 11 is 8.57. The summed E-state index contributed by atoms with van der Waals surface area (Å²) in [5.41, 5.74) is -0.918. The molecular weight excluding hydrogens is 344 g/mol. The van der Waals surface area contributed by atoms with Crippen molar-refractivity contribution in [2.45, 2.75) is 6.10 Å². The summed E-state index contributed by atoms with van der Waals surface area (Å²) in [6, 6.07) is 5.57. The molecule has 0 aliphatic heterocycles. The van der Waals surface area contributed by atoms with E-state index in [1.165, 1.54) is 6.07 Å². The number of aliphatic hydroxyl groups excluding tert-OH is 1. The van der Waals surface area contributed by atoms with Gasteiger partial charge in [0.25, 0.3) is 0 Å². The highest BCUT2D eigenvalue weighted by atomic mass is 79.9. The number of benzene rings is 2. The molecule has 0 bridgehead atoms. The number of hydrogen-bond acceptors (Lipinski definition) is 1. The SMILES string of the molecule is OC(c1cc(Cl)ccc1F)c1c(F)ccc(Br)c1F. The average Bonchev–Trinajstić information content (AvgIpc) is 2.37. The van der Waals surface area contributed by atoms with Gasteiger partial charge in [-0.15, -0.1) is 0 Å². The van der Waals surface area contributed by atoms with Gasteiger partial charge in [0.15, 0.2) is 0 Å². The third-order valence-electron chi connectivity index (χ3n) is 2.61. The first-order valence-corrected chi connectivity index (χ1v) is 6.35. The van der Waals surface area contributed by atoms with Crippen LogP contribution in [0.25, 0.3) is 0 Å². The summed E-state index contributed by atoms with van der Waals surface area (Å²) in [6.45, 7) is 0. The highest BCUT2D eigenvalue weighted by molar-refractivity contribution is 9.10. The fraction of sp³-hybridized carbons (Fsp3) is 0.0769. The summed E-state index contributed by atoms with van der Waals surface area (Å²) in [5, 5.41) is 10.1. The Morgan fingerprint density at radius 1 is 1.05 bits per heavy atom. The normalized spacial score (nSPS) is 12.5. The van der Waals surface area contributed by atoms with Gasteiger partial charge in [0.05, 0.1) is 10.0 Å². The molecule has 2 aromatic carbocycles. The van der Waals surface area contributed by atoms with Crippen molar-refractivity contribution in [2.75, 3.05) is 0 Å². The first-order chi connectivity index (χ1) is 8.91. The van der Waals surface area contributed by atoms with Crippen LogP contribution in [0.2, 0.25) is 5.02 Å². The van der Waals surface area contributed by atoms with Gasteiger partial charge in [0, 0.05) is 10.6 Å². The predicted molar refractivity (Wildman–Crippen MR) is 69.5 cm³/mol. The van der Waals surface area contributed by atoms with E-state index in [1.807, 2.05) is 0 Å². The molecule has 6 heteroatoms. The Kier molecular flexibility index (Phi) is 4.18. The summed E-state index contributed by atoms with van der Waals surface area (Å²) in [6.07, 6.45) is -1.78. The fourth-order valence-corrected chi connectivity index (χ4v) is 2.20. The molecule has 0 aliphatic rings. The van der Waals surface area contributed by atoms with Crippen LogP contribution in [-0.4, -0.2) is 5.11 Å². The van der Waals surface area contributed by atoms with E-state index < -0.39 is 29.1 Å². The molecule has 1 atom stereocenters. The minimum atomic E-state index is -1.78. The minimum absolute atomic E-state index is 0.0228. The Morgan fingerprint density at radius 2 is 1.68 bits per heavy atom. The second-order valence-corrected chi connectivity index (χ2v) is 5.12. The van der Waals surface area contributed by atoms with Crippen molar-refractivity contribution in [1.29, 1.82) is 0 Å². The third-order valence-corrected chi connectivity index (χ3v) is 3.45. The first kappa shape index (κ1) is 14.4. The highest BCUT2D eigenvalue weighted by Gasteiger charge is 2.24. The molecule has 0 saturated carbocycles. The molecule has 0 spiro atoms. The van der Waals surface area contributed by atoms with E-state index in [9.17, 15) is 18.3 Å². The fourth-order valence-electron chi connectivity index (χ4n) is 1.67. The maximum absolute atomic E-state index is 13.8. The highest BCUT2D eigenvalue weighted by Crippen LogP contribution is 2.32. The zero-order valence-corrected chi connectivity index (χ0v) is 11.6. The van der Waals surface area contributed by atoms with Gasteiger partial charge in [0.2, 0.25) is 0 Å². The molecule has 0 aliphatic carbocycles. The van der Waals surface area contributed by atoms with Crippen molar-refractivity contribution < 1.29 is 18.3 Å². The number of hydrogen-bond donors (Lipinski definition) is 1. The number of halogens is 5. The van der Waals surface area contributed by atoms with Gasteiger partial charge in [-0.2, -0.15) is 0 Å². The Bertz CT molecular complexity index is 634. The topological polar surface area (TPSA) is 20.2 Å². The second-order valence-electron chi connectivity index (χ2n) is 3.83. The molecule has 0 heterocycles. The van der Waals surface area contributed by atoms with E-state index in [-0.39, 0.29) is 15.1 Å². The van der Waals surface area contributed by atoms with E-state index in [4.69, 9.17) is 11.6 Å². The Hall–Kier alpha value is -1.04. The van der Waals surface area contributed by atoms with Gasteiger partial charge >= 0.3 is 0 Å². The van der Waals surface area contributed by atoms with E-state index in [1.54, 1.807) is 0 Å². The van der Waals surface area contributed by atoms with Crippen LogP contribution in [-0.2, 0) is 0 Å². The second kappa shape index (κ2) is 5.53. The lowest BCUT2D eigenvalue weighted by Crippen LogP contribution is -2.08. The zero-order valence-electron chi connectivity index (χ0n) is 9.30. The van der Waals surface area contributed by atoms with Gasteiger partial charge in [-0.05, 0) is 46.3 Å². The monoisotopic (exact) mass is 350 g/mol. The molecule has 0 radical (unpaired) electrons. The van der Waals surface area contributed by atoms with Crippen molar-refractivity contribution in [3.05, 3.63) is 68.4 Å². The van der Waals surface area contributed by atoms with Gasteiger partial charge < -0.3 is 5.11 Å². The van der Waals surface area contributed by atoms with Crippen LogP contribution in [0.1, 0.15) is 17.2 Å². The van der Waals surface area contributed by atoms with Crippen LogP contribution in [0.15, 0.2) is 34.8 Å². The maximum Gasteiger partial charge on any atom is 0.146 e. The standard InChI is InChI=1S/C13H7BrClF3O/c14-8-2-4-10(17)11(12(8)18)13(19)7-5-6(15)1-3-9(7)16/h1-5,13,19H. The van der Waals surface area contributed by atoms with Gasteiger partial charge in [-0.1, -0.05) is 11.6 Å². The van der Waals surface area contributed by atoms with Gasteiger partial charge in [0.1, 0.15) is 23.6 Å². The zero-order chi connectivity index (χ0) is 14.2. The van der Waals surface area contributed by atoms with Crippen LogP contribution in [0.5, 0.6) is 0 Å². The van der Waals surface area contributed by atoms with Crippen LogP contribution >= 0.6 is 27.5 Å². The molecule has 19 heavy (non-hydrogen) atoms. The maximum atomic E-state index is 13.8. The minimum Gasteiger partial charge on any atom is -0.383 e. The lowest BCUT2D eigenvalue weighted by Gasteiger charge is -2.15. The summed E-state index contributed by atoms with van der Waals surface area (Å²) in [4.78, 5) is 0. The van der Waals surface area contributed by atoms with Crippen molar-refractivity contribution in [1.82, 2.24) is 0 Å². The van der Waals surface area contributed by atoms with E-state index in [0.717, 1.165) is 24.3 Å². The van der Waals surface area contributed by atoms with Crippen LogP contribution in [0, 0.1) is 17.5 Å². The van der Waals surface area contributed by atoms with E-state index in [2.05, 4.69) is 15.9 Å². The third kappa shape index (κ3) is 2.78. The molecule has 0 aromatic heterocycles. The van der Waals surface area contributed by atoms with Crippen molar-refractivity contribution in [3.8, 4) is 0 Å². The molecule has 100 valence electrons. The Morgan fingerprint density at radius 3 is 2.37 bits per heavy atom. The molecule has 0 saturated heterocycles. The quantitative estimate of drug-likeness (QED) is 0.784. The molecule has 0 fully saturated rings. The molecular formula is C13H7BrClF3O. The lowest BCUT2D eigenvalue weighted by molar-refractivity contribution is 0.204. The predicted octanol–water partition coefficient (Wildman–Crippen LogP) is 4.60. The number of rotatable bonds is 2. The molecule has 1 unspecified atom stereocenters. The number of aliphatic hydroxyl groups is 1. The first-order valence-electron chi connectivity index (χ1n) is 5.18. The summed E-state index contributed by atoms with van der Waals surface area (Å²) in [7, 11) is 0. The Balaban J connectivity index is 2.59. The Labute approximate surface area is 120 Å². The molecule has 2 aromatic rings. The molecule has 0 amide bonds.